The molecule has 2 aromatic carbocycles. The van der Waals surface area contributed by atoms with Gasteiger partial charge < -0.3 is 19.9 Å². The Morgan fingerprint density at radius 1 is 0.912 bits per heavy atom. The van der Waals surface area contributed by atoms with Gasteiger partial charge in [0.25, 0.3) is 5.91 Å². The van der Waals surface area contributed by atoms with Gasteiger partial charge in [0.05, 0.1) is 12.3 Å². The lowest BCUT2D eigenvalue weighted by Gasteiger charge is -2.36. The zero-order chi connectivity index (χ0) is 23.5. The number of esters is 1. The van der Waals surface area contributed by atoms with Crippen LogP contribution in [0.2, 0.25) is 0 Å². The summed E-state index contributed by atoms with van der Waals surface area (Å²) < 4.78 is 5.68. The molecule has 1 N–H and O–H groups in total. The van der Waals surface area contributed by atoms with Gasteiger partial charge in [0.1, 0.15) is 5.60 Å². The number of carbonyl (C=O) groups is 3. The number of carbonyl (C=O) groups excluding carboxylic acids is 3. The second-order valence-corrected chi connectivity index (χ2v) is 9.54. The fraction of sp³-hybridized carbons (Fsp3) is 0.444. The first-order chi connectivity index (χ1) is 16.5. The lowest BCUT2D eigenvalue weighted by atomic mass is 9.75. The number of hydrogen-bond donors (Lipinski definition) is 1. The Morgan fingerprint density at radius 2 is 1.65 bits per heavy atom. The summed E-state index contributed by atoms with van der Waals surface area (Å²) in [4.78, 5) is 42.5. The van der Waals surface area contributed by atoms with Gasteiger partial charge in [0, 0.05) is 43.1 Å². The van der Waals surface area contributed by atoms with E-state index in [0.717, 1.165) is 45.2 Å². The van der Waals surface area contributed by atoms with Crippen molar-refractivity contribution in [2.75, 3.05) is 36.4 Å². The minimum absolute atomic E-state index is 0.0352. The Labute approximate surface area is 200 Å². The maximum atomic E-state index is 13.2. The number of benzene rings is 2. The third kappa shape index (κ3) is 4.52. The predicted molar refractivity (Wildman–Crippen MR) is 130 cm³/mol. The first kappa shape index (κ1) is 22.4. The average Bonchev–Trinajstić information content (AvgIpc) is 3.19. The van der Waals surface area contributed by atoms with Crippen LogP contribution in [0.1, 0.15) is 48.9 Å². The lowest BCUT2D eigenvalue weighted by Crippen LogP contribution is -2.48. The molecule has 0 bridgehead atoms. The first-order valence-corrected chi connectivity index (χ1v) is 12.3. The molecular weight excluding hydrogens is 430 g/mol. The SMILES string of the molecule is O=C1CC(C(=O)Nc2cccc(C(=O)N3CCN(c4ccccc4)CC3)c2)C2(CCCCC2)O1. The third-order valence-corrected chi connectivity index (χ3v) is 7.40. The summed E-state index contributed by atoms with van der Waals surface area (Å²) in [6.45, 7) is 2.86. The van der Waals surface area contributed by atoms with Gasteiger partial charge in [-0.1, -0.05) is 30.7 Å². The van der Waals surface area contributed by atoms with E-state index in [1.54, 1.807) is 24.3 Å². The third-order valence-electron chi connectivity index (χ3n) is 7.40. The number of amides is 2. The molecule has 1 spiro atoms. The van der Waals surface area contributed by atoms with E-state index < -0.39 is 11.5 Å². The van der Waals surface area contributed by atoms with Crippen molar-refractivity contribution in [3.05, 3.63) is 60.2 Å². The topological polar surface area (TPSA) is 79.0 Å². The zero-order valence-electron chi connectivity index (χ0n) is 19.4. The van der Waals surface area contributed by atoms with Crippen LogP contribution in [0.5, 0.6) is 0 Å². The number of hydrogen-bond acceptors (Lipinski definition) is 5. The van der Waals surface area contributed by atoms with E-state index in [1.807, 2.05) is 23.1 Å². The highest BCUT2D eigenvalue weighted by Gasteiger charge is 2.52. The van der Waals surface area contributed by atoms with Crippen LogP contribution in [0.3, 0.4) is 0 Å². The highest BCUT2D eigenvalue weighted by Crippen LogP contribution is 2.44. The van der Waals surface area contributed by atoms with E-state index in [-0.39, 0.29) is 24.2 Å². The lowest BCUT2D eigenvalue weighted by molar-refractivity contribution is -0.153. The minimum atomic E-state index is -0.661. The number of anilines is 2. The summed E-state index contributed by atoms with van der Waals surface area (Å²) in [5.41, 5.74) is 1.64. The van der Waals surface area contributed by atoms with Crippen molar-refractivity contribution in [3.63, 3.8) is 0 Å². The summed E-state index contributed by atoms with van der Waals surface area (Å²) in [7, 11) is 0. The van der Waals surface area contributed by atoms with E-state index >= 15 is 0 Å². The standard InChI is InChI=1S/C27H31N3O4/c31-24-19-23(27(34-24)12-5-2-6-13-27)25(32)28-21-9-7-8-20(18-21)26(33)30-16-14-29(15-17-30)22-10-3-1-4-11-22/h1,3-4,7-11,18,23H,2,5-6,12-17,19H2,(H,28,32). The molecule has 178 valence electrons. The molecule has 0 radical (unpaired) electrons. The van der Waals surface area contributed by atoms with Gasteiger partial charge in [-0.2, -0.15) is 0 Å². The van der Waals surface area contributed by atoms with Crippen LogP contribution < -0.4 is 10.2 Å². The van der Waals surface area contributed by atoms with Crippen molar-refractivity contribution in [1.29, 1.82) is 0 Å². The van der Waals surface area contributed by atoms with Crippen molar-refractivity contribution in [2.45, 2.75) is 44.1 Å². The summed E-state index contributed by atoms with van der Waals surface area (Å²) in [6, 6.07) is 17.3. The molecule has 2 aliphatic heterocycles. The molecule has 7 heteroatoms. The smallest absolute Gasteiger partial charge is 0.307 e. The van der Waals surface area contributed by atoms with Crippen LogP contribution >= 0.6 is 0 Å². The molecular formula is C27H31N3O4. The molecule has 1 unspecified atom stereocenters. The maximum absolute atomic E-state index is 13.2. The van der Waals surface area contributed by atoms with Gasteiger partial charge in [0.2, 0.25) is 5.91 Å². The molecule has 2 aromatic rings. The minimum Gasteiger partial charge on any atom is -0.458 e. The van der Waals surface area contributed by atoms with Crippen LogP contribution in [-0.4, -0.2) is 54.5 Å². The van der Waals surface area contributed by atoms with E-state index in [4.69, 9.17) is 4.74 Å². The predicted octanol–water partition coefficient (Wildman–Crippen LogP) is 3.85. The quantitative estimate of drug-likeness (QED) is 0.700. The molecule has 2 heterocycles. The number of para-hydroxylation sites is 1. The van der Waals surface area contributed by atoms with Gasteiger partial charge >= 0.3 is 5.97 Å². The van der Waals surface area contributed by atoms with Crippen molar-refractivity contribution < 1.29 is 19.1 Å². The van der Waals surface area contributed by atoms with Gasteiger partial charge in [-0.25, -0.2) is 0 Å². The van der Waals surface area contributed by atoms with E-state index in [1.165, 1.54) is 5.69 Å². The van der Waals surface area contributed by atoms with Crippen LogP contribution in [-0.2, 0) is 14.3 Å². The Balaban J connectivity index is 1.23. The summed E-state index contributed by atoms with van der Waals surface area (Å²) in [5, 5.41) is 2.95. The van der Waals surface area contributed by atoms with Crippen molar-refractivity contribution >= 4 is 29.2 Å². The fourth-order valence-electron chi connectivity index (χ4n) is 5.57. The van der Waals surface area contributed by atoms with Gasteiger partial charge in [-0.15, -0.1) is 0 Å². The number of nitrogens with zero attached hydrogens (tertiary/aromatic N) is 2. The van der Waals surface area contributed by atoms with Crippen LogP contribution in [0.15, 0.2) is 54.6 Å². The number of rotatable bonds is 4. The van der Waals surface area contributed by atoms with Crippen molar-refractivity contribution in [3.8, 4) is 0 Å². The molecule has 3 fully saturated rings. The number of nitrogens with one attached hydrogen (secondary N) is 1. The Kier molecular flexibility index (Phi) is 6.26. The Bertz CT molecular complexity index is 1060. The first-order valence-electron chi connectivity index (χ1n) is 12.3. The molecule has 7 nitrogen and oxygen atoms in total. The second kappa shape index (κ2) is 9.49. The van der Waals surface area contributed by atoms with Crippen molar-refractivity contribution in [2.24, 2.45) is 5.92 Å². The second-order valence-electron chi connectivity index (χ2n) is 9.54. The van der Waals surface area contributed by atoms with Gasteiger partial charge in [-0.05, 0) is 56.0 Å². The molecule has 34 heavy (non-hydrogen) atoms. The maximum Gasteiger partial charge on any atom is 0.307 e. The molecule has 2 amide bonds. The summed E-state index contributed by atoms with van der Waals surface area (Å²) in [6.07, 6.45) is 4.65. The molecule has 2 saturated heterocycles. The highest BCUT2D eigenvalue weighted by atomic mass is 16.6. The molecule has 1 saturated carbocycles. The van der Waals surface area contributed by atoms with Gasteiger partial charge in [0.15, 0.2) is 0 Å². The highest BCUT2D eigenvalue weighted by molar-refractivity contribution is 5.99. The zero-order valence-corrected chi connectivity index (χ0v) is 19.4. The largest absolute Gasteiger partial charge is 0.458 e. The van der Waals surface area contributed by atoms with E-state index in [9.17, 15) is 14.4 Å². The Hall–Kier alpha value is -3.35. The van der Waals surface area contributed by atoms with Crippen molar-refractivity contribution in [1.82, 2.24) is 4.90 Å². The molecule has 3 aliphatic rings. The fourth-order valence-corrected chi connectivity index (χ4v) is 5.57. The molecule has 1 atom stereocenters. The molecule has 5 rings (SSSR count). The van der Waals surface area contributed by atoms with Gasteiger partial charge in [-0.3, -0.25) is 14.4 Å². The number of piperazine rings is 1. The normalized spacial score (nSPS) is 21.9. The molecule has 1 aliphatic carbocycles. The summed E-state index contributed by atoms with van der Waals surface area (Å²) in [5.74, 6) is -1.01. The van der Waals surface area contributed by atoms with E-state index in [2.05, 4.69) is 22.3 Å². The average molecular weight is 462 g/mol. The monoisotopic (exact) mass is 461 g/mol. The Morgan fingerprint density at radius 3 is 2.38 bits per heavy atom. The van der Waals surface area contributed by atoms with Crippen LogP contribution in [0, 0.1) is 5.92 Å². The van der Waals surface area contributed by atoms with Crippen LogP contribution in [0.4, 0.5) is 11.4 Å². The molecule has 0 aromatic heterocycles. The van der Waals surface area contributed by atoms with E-state index in [0.29, 0.717) is 24.3 Å². The number of ether oxygens (including phenoxy) is 1. The van der Waals surface area contributed by atoms with Crippen LogP contribution in [0.25, 0.3) is 0 Å². The summed E-state index contributed by atoms with van der Waals surface area (Å²) >= 11 is 0.